The average Bonchev–Trinajstić information content (AvgIpc) is 3.10. The number of nitrogens with one attached hydrogen (secondary N) is 3. The Labute approximate surface area is 236 Å². The number of aryl methyl sites for hydroxylation is 1. The summed E-state index contributed by atoms with van der Waals surface area (Å²) in [6.45, 7) is 0. The van der Waals surface area contributed by atoms with Gasteiger partial charge in [-0.1, -0.05) is 72.3 Å². The number of rotatable bonds is 5. The van der Waals surface area contributed by atoms with Crippen LogP contribution < -0.4 is 20.7 Å². The van der Waals surface area contributed by atoms with E-state index in [1.807, 2.05) is 42.5 Å². The number of benzodiazepines with no additional fused rings is 1. The molecule has 1 aliphatic heterocycles. The van der Waals surface area contributed by atoms with Gasteiger partial charge in [0.2, 0.25) is 6.17 Å². The highest BCUT2D eigenvalue weighted by molar-refractivity contribution is 9.10. The van der Waals surface area contributed by atoms with Crippen molar-refractivity contribution in [3.63, 3.8) is 0 Å². The van der Waals surface area contributed by atoms with Gasteiger partial charge in [-0.05, 0) is 34.1 Å². The van der Waals surface area contributed by atoms with Crippen LogP contribution in [-0.4, -0.2) is 39.6 Å². The molecular weight excluding hydrogens is 588 g/mol. The third-order valence-corrected chi connectivity index (χ3v) is 6.79. The lowest BCUT2D eigenvalue weighted by molar-refractivity contribution is -0.117. The zero-order chi connectivity index (χ0) is 27.5. The molecule has 196 valence electrons. The maximum Gasteiger partial charge on any atom is 0.416 e. The van der Waals surface area contributed by atoms with Gasteiger partial charge in [-0.15, -0.1) is 5.10 Å². The highest BCUT2D eigenvalue weighted by Crippen LogP contribution is 2.32. The predicted octanol–water partition coefficient (Wildman–Crippen LogP) is 4.99. The summed E-state index contributed by atoms with van der Waals surface area (Å²) < 4.78 is 6.91. The predicted molar refractivity (Wildman–Crippen MR) is 150 cm³/mol. The summed E-state index contributed by atoms with van der Waals surface area (Å²) in [7, 11) is 1.56. The van der Waals surface area contributed by atoms with Gasteiger partial charge < -0.3 is 15.4 Å². The van der Waals surface area contributed by atoms with Crippen LogP contribution in [-0.2, 0) is 11.8 Å². The Kier molecular flexibility index (Phi) is 7.44. The second-order valence-corrected chi connectivity index (χ2v) is 9.54. The summed E-state index contributed by atoms with van der Waals surface area (Å²) in [6, 6.07) is 23.1. The van der Waals surface area contributed by atoms with Crippen LogP contribution in [0.1, 0.15) is 21.5 Å². The molecule has 0 spiro atoms. The Morgan fingerprint density at radius 3 is 2.49 bits per heavy atom. The van der Waals surface area contributed by atoms with Gasteiger partial charge >= 0.3 is 6.09 Å². The maximum atomic E-state index is 13.0. The molecule has 5 rings (SSSR count). The van der Waals surface area contributed by atoms with Gasteiger partial charge in [-0.25, -0.2) is 14.5 Å². The molecule has 0 saturated carbocycles. The van der Waals surface area contributed by atoms with Crippen molar-refractivity contribution in [2.45, 2.75) is 6.17 Å². The molecule has 3 amide bonds. The van der Waals surface area contributed by atoms with Gasteiger partial charge in [0.05, 0.1) is 22.0 Å². The summed E-state index contributed by atoms with van der Waals surface area (Å²) in [4.78, 5) is 43.1. The molecule has 0 radical (unpaired) electrons. The Morgan fingerprint density at radius 1 is 1.03 bits per heavy atom. The molecule has 0 saturated heterocycles. The van der Waals surface area contributed by atoms with Crippen molar-refractivity contribution in [2.24, 2.45) is 12.0 Å². The Balaban J connectivity index is 1.36. The molecule has 3 aromatic carbocycles. The molecular formula is C27H20BrClN6O4. The number of halogens is 2. The zero-order valence-electron chi connectivity index (χ0n) is 20.3. The number of aromatic nitrogens is 2. The van der Waals surface area contributed by atoms with Crippen molar-refractivity contribution < 1.29 is 19.1 Å². The lowest BCUT2D eigenvalue weighted by Crippen LogP contribution is -2.43. The van der Waals surface area contributed by atoms with E-state index >= 15 is 0 Å². The van der Waals surface area contributed by atoms with Gasteiger partial charge in [0.15, 0.2) is 0 Å². The van der Waals surface area contributed by atoms with Crippen molar-refractivity contribution in [2.75, 3.05) is 10.6 Å². The molecule has 0 bridgehead atoms. The molecule has 10 nitrogen and oxygen atoms in total. The zero-order valence-corrected chi connectivity index (χ0v) is 22.7. The second kappa shape index (κ2) is 11.1. The van der Waals surface area contributed by atoms with E-state index in [-0.39, 0.29) is 26.8 Å². The van der Waals surface area contributed by atoms with Gasteiger partial charge in [0.25, 0.3) is 17.7 Å². The number of aliphatic imine (C=N–C) groups is 1. The van der Waals surface area contributed by atoms with E-state index in [0.717, 1.165) is 5.56 Å². The molecule has 2 heterocycles. The van der Waals surface area contributed by atoms with Crippen LogP contribution in [0.25, 0.3) is 0 Å². The number of para-hydroxylation sites is 1. The molecule has 3 N–H and O–H groups in total. The molecule has 4 aromatic rings. The molecule has 1 aromatic heterocycles. The standard InChI is InChI=1S/C27H20BrClN6O4/c1-35-23(33-24(36)16-11-5-7-13-18(16)29)20(28)26(34-35)39-27(38)32-22-25(37)30-19-14-8-6-12-17(19)21(31-22)15-9-3-2-4-10-15/h2-14,22H,1H3,(H,30,37)(H,32,38)(H,33,36). The third kappa shape index (κ3) is 5.54. The molecule has 39 heavy (non-hydrogen) atoms. The van der Waals surface area contributed by atoms with E-state index in [9.17, 15) is 14.4 Å². The fraction of sp³-hybridized carbons (Fsp3) is 0.0741. The van der Waals surface area contributed by atoms with Gasteiger partial charge in [0, 0.05) is 18.2 Å². The summed E-state index contributed by atoms with van der Waals surface area (Å²) in [5.74, 6) is -0.917. The quantitative estimate of drug-likeness (QED) is 0.295. The Hall–Kier alpha value is -4.48. The Morgan fingerprint density at radius 2 is 1.72 bits per heavy atom. The number of anilines is 2. The lowest BCUT2D eigenvalue weighted by atomic mass is 10.0. The van der Waals surface area contributed by atoms with Crippen molar-refractivity contribution in [3.05, 3.63) is 105 Å². The van der Waals surface area contributed by atoms with Crippen LogP contribution in [0.15, 0.2) is 88.3 Å². The van der Waals surface area contributed by atoms with Gasteiger partial charge in [0.1, 0.15) is 10.3 Å². The summed E-state index contributed by atoms with van der Waals surface area (Å²) >= 11 is 9.43. The first-order valence-electron chi connectivity index (χ1n) is 11.6. The van der Waals surface area contributed by atoms with Crippen LogP contribution in [0.2, 0.25) is 5.02 Å². The number of fused-ring (bicyclic) bond motifs is 1. The minimum atomic E-state index is -1.29. The monoisotopic (exact) mass is 606 g/mol. The van der Waals surface area contributed by atoms with Crippen LogP contribution in [0.4, 0.5) is 16.3 Å². The summed E-state index contributed by atoms with van der Waals surface area (Å²) in [5.41, 5.74) is 2.83. The SMILES string of the molecule is Cn1nc(OC(=O)NC2N=C(c3ccccc3)c3ccccc3NC2=O)c(Br)c1NC(=O)c1ccccc1Cl. The van der Waals surface area contributed by atoms with Crippen LogP contribution in [0.5, 0.6) is 5.88 Å². The molecule has 0 aliphatic carbocycles. The van der Waals surface area contributed by atoms with E-state index in [2.05, 4.69) is 42.0 Å². The normalized spacial score (nSPS) is 14.4. The number of nitrogens with zero attached hydrogens (tertiary/aromatic N) is 3. The molecule has 1 atom stereocenters. The number of hydrogen-bond donors (Lipinski definition) is 3. The average molecular weight is 608 g/mol. The third-order valence-electron chi connectivity index (χ3n) is 5.75. The topological polar surface area (TPSA) is 127 Å². The minimum absolute atomic E-state index is 0.131. The molecule has 1 aliphatic rings. The van der Waals surface area contributed by atoms with Gasteiger partial charge in [-0.3, -0.25) is 14.9 Å². The molecule has 0 fully saturated rings. The van der Waals surface area contributed by atoms with Gasteiger partial charge in [-0.2, -0.15) is 0 Å². The fourth-order valence-electron chi connectivity index (χ4n) is 3.90. The van der Waals surface area contributed by atoms with Crippen LogP contribution >= 0.6 is 27.5 Å². The first kappa shape index (κ1) is 26.1. The number of carbonyl (C=O) groups excluding carboxylic acids is 3. The van der Waals surface area contributed by atoms with E-state index in [4.69, 9.17) is 16.3 Å². The fourth-order valence-corrected chi connectivity index (χ4v) is 4.64. The van der Waals surface area contributed by atoms with E-state index in [0.29, 0.717) is 17.0 Å². The minimum Gasteiger partial charge on any atom is -0.388 e. The van der Waals surface area contributed by atoms with E-state index < -0.39 is 24.1 Å². The second-order valence-electron chi connectivity index (χ2n) is 8.34. The highest BCUT2D eigenvalue weighted by atomic mass is 79.9. The smallest absolute Gasteiger partial charge is 0.388 e. The number of benzene rings is 3. The first-order valence-corrected chi connectivity index (χ1v) is 12.8. The summed E-state index contributed by atoms with van der Waals surface area (Å²) in [6.07, 6.45) is -2.26. The lowest BCUT2D eigenvalue weighted by Gasteiger charge is -2.12. The molecule has 12 heteroatoms. The van der Waals surface area contributed by atoms with Crippen LogP contribution in [0.3, 0.4) is 0 Å². The van der Waals surface area contributed by atoms with Crippen molar-refractivity contribution in [3.8, 4) is 5.88 Å². The maximum absolute atomic E-state index is 13.0. The largest absolute Gasteiger partial charge is 0.416 e. The molecule has 1 unspecified atom stereocenters. The number of carbonyl (C=O) groups is 3. The van der Waals surface area contributed by atoms with Crippen molar-refractivity contribution in [1.82, 2.24) is 15.1 Å². The number of amides is 3. The first-order chi connectivity index (χ1) is 18.8. The van der Waals surface area contributed by atoms with Crippen LogP contribution in [0, 0.1) is 0 Å². The Bertz CT molecular complexity index is 1620. The summed E-state index contributed by atoms with van der Waals surface area (Å²) in [5, 5.41) is 12.4. The van der Waals surface area contributed by atoms with Crippen molar-refractivity contribution >= 4 is 62.7 Å². The van der Waals surface area contributed by atoms with E-state index in [1.165, 1.54) is 4.68 Å². The number of hydrogen-bond acceptors (Lipinski definition) is 6. The highest BCUT2D eigenvalue weighted by Gasteiger charge is 2.29. The number of ether oxygens (including phenoxy) is 1. The van der Waals surface area contributed by atoms with E-state index in [1.54, 1.807) is 43.4 Å². The van der Waals surface area contributed by atoms with Crippen molar-refractivity contribution in [1.29, 1.82) is 0 Å².